The zero-order valence-corrected chi connectivity index (χ0v) is 11.9. The number of anilines is 1. The summed E-state index contributed by atoms with van der Waals surface area (Å²) in [7, 11) is 1.59. The number of halogens is 2. The van der Waals surface area contributed by atoms with Crippen molar-refractivity contribution in [2.24, 2.45) is 0 Å². The Morgan fingerprint density at radius 3 is 2.80 bits per heavy atom. The second-order valence-corrected chi connectivity index (χ2v) is 4.44. The molecule has 0 radical (unpaired) electrons. The zero-order valence-electron chi connectivity index (χ0n) is 8.70. The molecule has 0 atom stereocenters. The van der Waals surface area contributed by atoms with Crippen LogP contribution in [-0.4, -0.2) is 35.5 Å². The first-order chi connectivity index (χ1) is 7.22. The molecule has 0 saturated heterocycles. The van der Waals surface area contributed by atoms with Gasteiger partial charge in [0.05, 0.1) is 17.8 Å². The van der Waals surface area contributed by atoms with Crippen molar-refractivity contribution in [1.29, 1.82) is 0 Å². The summed E-state index contributed by atoms with van der Waals surface area (Å²) in [5, 5.41) is 0.891. The van der Waals surface area contributed by atoms with E-state index in [2.05, 4.69) is 53.7 Å². The highest BCUT2D eigenvalue weighted by atomic mass is 79.9. The number of methoxy groups -OCH3 is 1. The molecule has 0 fully saturated rings. The fourth-order valence-electron chi connectivity index (χ4n) is 1.14. The minimum Gasteiger partial charge on any atom is -0.480 e. The molecule has 84 valence electrons. The van der Waals surface area contributed by atoms with Gasteiger partial charge in [-0.15, -0.1) is 0 Å². The van der Waals surface area contributed by atoms with E-state index >= 15 is 0 Å². The van der Waals surface area contributed by atoms with E-state index in [1.54, 1.807) is 13.3 Å². The van der Waals surface area contributed by atoms with Crippen LogP contribution in [0, 0.1) is 0 Å². The standard InChI is InChI=1S/C9H13Br2N3O/c1-3-14(5-4-10)9-12-6-7(11)8(13-9)15-2/h6H,3-5H2,1-2H3. The number of rotatable bonds is 5. The van der Waals surface area contributed by atoms with E-state index in [4.69, 9.17) is 4.74 Å². The Balaban J connectivity index is 2.92. The Morgan fingerprint density at radius 1 is 1.53 bits per heavy atom. The van der Waals surface area contributed by atoms with Gasteiger partial charge < -0.3 is 9.64 Å². The Hall–Kier alpha value is -0.360. The number of hydrogen-bond acceptors (Lipinski definition) is 4. The van der Waals surface area contributed by atoms with Crippen LogP contribution >= 0.6 is 31.9 Å². The number of alkyl halides is 1. The first-order valence-electron chi connectivity index (χ1n) is 4.60. The van der Waals surface area contributed by atoms with Crippen LogP contribution in [0.1, 0.15) is 6.92 Å². The predicted molar refractivity (Wildman–Crippen MR) is 68.0 cm³/mol. The quantitative estimate of drug-likeness (QED) is 0.773. The van der Waals surface area contributed by atoms with Crippen LogP contribution in [0.4, 0.5) is 5.95 Å². The van der Waals surface area contributed by atoms with E-state index < -0.39 is 0 Å². The monoisotopic (exact) mass is 337 g/mol. The largest absolute Gasteiger partial charge is 0.480 e. The van der Waals surface area contributed by atoms with E-state index in [0.717, 1.165) is 22.9 Å². The average molecular weight is 339 g/mol. The summed E-state index contributed by atoms with van der Waals surface area (Å²) in [6.45, 7) is 3.82. The molecule has 0 aliphatic rings. The molecule has 0 saturated carbocycles. The fraction of sp³-hybridized carbons (Fsp3) is 0.556. The highest BCUT2D eigenvalue weighted by Gasteiger charge is 2.10. The molecule has 0 unspecified atom stereocenters. The summed E-state index contributed by atoms with van der Waals surface area (Å²) in [6, 6.07) is 0. The Morgan fingerprint density at radius 2 is 2.27 bits per heavy atom. The van der Waals surface area contributed by atoms with Gasteiger partial charge in [-0.05, 0) is 22.9 Å². The zero-order chi connectivity index (χ0) is 11.3. The van der Waals surface area contributed by atoms with Gasteiger partial charge in [-0.2, -0.15) is 4.98 Å². The minimum absolute atomic E-state index is 0.563. The van der Waals surface area contributed by atoms with Crippen LogP contribution in [-0.2, 0) is 0 Å². The molecular weight excluding hydrogens is 326 g/mol. The van der Waals surface area contributed by atoms with Crippen molar-refractivity contribution in [2.75, 3.05) is 30.4 Å². The smallest absolute Gasteiger partial charge is 0.232 e. The summed E-state index contributed by atoms with van der Waals surface area (Å²) in [4.78, 5) is 10.6. The molecule has 1 aromatic rings. The molecule has 15 heavy (non-hydrogen) atoms. The van der Waals surface area contributed by atoms with Gasteiger partial charge in [0.1, 0.15) is 0 Å². The van der Waals surface area contributed by atoms with Crippen LogP contribution in [0.25, 0.3) is 0 Å². The van der Waals surface area contributed by atoms with E-state index in [1.807, 2.05) is 0 Å². The third-order valence-corrected chi connectivity index (χ3v) is 2.81. The molecule has 1 heterocycles. The van der Waals surface area contributed by atoms with Gasteiger partial charge in [0.2, 0.25) is 11.8 Å². The second kappa shape index (κ2) is 6.27. The van der Waals surface area contributed by atoms with Crippen LogP contribution in [0.5, 0.6) is 5.88 Å². The van der Waals surface area contributed by atoms with Gasteiger partial charge in [0.15, 0.2) is 0 Å². The summed E-state index contributed by atoms with van der Waals surface area (Å²) < 4.78 is 5.89. The third kappa shape index (κ3) is 3.31. The van der Waals surface area contributed by atoms with Crippen molar-refractivity contribution in [3.63, 3.8) is 0 Å². The van der Waals surface area contributed by atoms with Gasteiger partial charge >= 0.3 is 0 Å². The van der Waals surface area contributed by atoms with Crippen molar-refractivity contribution >= 4 is 37.8 Å². The van der Waals surface area contributed by atoms with E-state index in [1.165, 1.54) is 0 Å². The Kier molecular flexibility index (Phi) is 5.31. The van der Waals surface area contributed by atoms with Gasteiger partial charge in [-0.25, -0.2) is 4.98 Å². The summed E-state index contributed by atoms with van der Waals surface area (Å²) in [5.74, 6) is 1.25. The molecule has 4 nitrogen and oxygen atoms in total. The van der Waals surface area contributed by atoms with Crippen molar-refractivity contribution in [2.45, 2.75) is 6.92 Å². The number of aromatic nitrogens is 2. The van der Waals surface area contributed by atoms with Crippen LogP contribution in [0.3, 0.4) is 0 Å². The highest BCUT2D eigenvalue weighted by Crippen LogP contribution is 2.23. The lowest BCUT2D eigenvalue weighted by Crippen LogP contribution is -2.26. The average Bonchev–Trinajstić information content (AvgIpc) is 2.27. The topological polar surface area (TPSA) is 38.2 Å². The third-order valence-electron chi connectivity index (χ3n) is 1.91. The van der Waals surface area contributed by atoms with Crippen molar-refractivity contribution in [1.82, 2.24) is 9.97 Å². The summed E-state index contributed by atoms with van der Waals surface area (Å²) in [5.41, 5.74) is 0. The lowest BCUT2D eigenvalue weighted by Gasteiger charge is -2.19. The first kappa shape index (κ1) is 12.7. The number of hydrogen-bond donors (Lipinski definition) is 0. The molecule has 0 bridgehead atoms. The van der Waals surface area contributed by atoms with Gasteiger partial charge in [-0.1, -0.05) is 15.9 Å². The van der Waals surface area contributed by atoms with Crippen LogP contribution < -0.4 is 9.64 Å². The molecule has 6 heteroatoms. The SMILES string of the molecule is CCN(CCBr)c1ncc(Br)c(OC)n1. The molecular formula is C9H13Br2N3O. The summed E-state index contributed by atoms with van der Waals surface area (Å²) in [6.07, 6.45) is 1.71. The Bertz CT molecular complexity index is 322. The summed E-state index contributed by atoms with van der Waals surface area (Å²) >= 11 is 6.72. The molecule has 0 aromatic carbocycles. The van der Waals surface area contributed by atoms with Crippen molar-refractivity contribution < 1.29 is 4.74 Å². The van der Waals surface area contributed by atoms with Gasteiger partial charge in [-0.3, -0.25) is 0 Å². The minimum atomic E-state index is 0.563. The maximum absolute atomic E-state index is 5.12. The number of ether oxygens (including phenoxy) is 1. The van der Waals surface area contributed by atoms with Crippen molar-refractivity contribution in [3.8, 4) is 5.88 Å². The van der Waals surface area contributed by atoms with Crippen molar-refractivity contribution in [3.05, 3.63) is 10.7 Å². The van der Waals surface area contributed by atoms with Crippen LogP contribution in [0.2, 0.25) is 0 Å². The lowest BCUT2D eigenvalue weighted by atomic mass is 10.5. The molecule has 0 aliphatic carbocycles. The van der Waals surface area contributed by atoms with E-state index in [0.29, 0.717) is 11.8 Å². The molecule has 0 N–H and O–H groups in total. The normalized spacial score (nSPS) is 10.1. The highest BCUT2D eigenvalue weighted by molar-refractivity contribution is 9.10. The molecule has 0 spiro atoms. The fourth-order valence-corrected chi connectivity index (χ4v) is 1.92. The molecule has 0 amide bonds. The van der Waals surface area contributed by atoms with Gasteiger partial charge in [0.25, 0.3) is 0 Å². The van der Waals surface area contributed by atoms with Crippen LogP contribution in [0.15, 0.2) is 10.7 Å². The maximum atomic E-state index is 5.12. The molecule has 1 aromatic heterocycles. The first-order valence-corrected chi connectivity index (χ1v) is 6.51. The maximum Gasteiger partial charge on any atom is 0.232 e. The lowest BCUT2D eigenvalue weighted by molar-refractivity contribution is 0.394. The predicted octanol–water partition coefficient (Wildman–Crippen LogP) is 2.47. The van der Waals surface area contributed by atoms with Gasteiger partial charge in [0, 0.05) is 18.4 Å². The molecule has 0 aliphatic heterocycles. The van der Waals surface area contributed by atoms with E-state index in [9.17, 15) is 0 Å². The molecule has 1 rings (SSSR count). The second-order valence-electron chi connectivity index (χ2n) is 2.80. The Labute approximate surface area is 106 Å². The number of nitrogens with zero attached hydrogens (tertiary/aromatic N) is 3. The van der Waals surface area contributed by atoms with E-state index in [-0.39, 0.29) is 0 Å².